The summed E-state index contributed by atoms with van der Waals surface area (Å²) in [6.07, 6.45) is 0.0864. The van der Waals surface area contributed by atoms with Crippen LogP contribution in [0.5, 0.6) is 17.2 Å². The second kappa shape index (κ2) is 19.0. The third-order valence-corrected chi connectivity index (χ3v) is 11.4. The average molecular weight is 1020 g/mol. The molecule has 0 amide bonds. The molecule has 14 heteroatoms. The van der Waals surface area contributed by atoms with Gasteiger partial charge in [-0.1, -0.05) is 51.8 Å². The Balaban J connectivity index is 0.000000215. The van der Waals surface area contributed by atoms with Crippen LogP contribution in [0.4, 0.5) is 8.78 Å². The van der Waals surface area contributed by atoms with E-state index in [0.29, 0.717) is 43.3 Å². The molecule has 8 nitrogen and oxygen atoms in total. The van der Waals surface area contributed by atoms with E-state index in [1.807, 2.05) is 19.9 Å². The lowest BCUT2D eigenvalue weighted by molar-refractivity contribution is -0.142. The van der Waals surface area contributed by atoms with Crippen LogP contribution < -0.4 is 9.47 Å². The molecule has 6 rings (SSSR count). The maximum Gasteiger partial charge on any atom is 0.341 e. The van der Waals surface area contributed by atoms with Gasteiger partial charge in [0.05, 0.1) is 14.5 Å². The molecule has 0 aliphatic carbocycles. The summed E-state index contributed by atoms with van der Waals surface area (Å²) in [6, 6.07) is 20.2. The Hall–Kier alpha value is -3.98. The molecule has 6 aromatic rings. The third-order valence-electron chi connectivity index (χ3n) is 8.78. The van der Waals surface area contributed by atoms with Crippen molar-refractivity contribution < 1.29 is 38.1 Å². The zero-order valence-corrected chi connectivity index (χ0v) is 37.0. The first-order valence-electron chi connectivity index (χ1n) is 17.4. The minimum absolute atomic E-state index is 0.276. The van der Waals surface area contributed by atoms with Crippen LogP contribution in [-0.2, 0) is 35.3 Å². The molecule has 0 fully saturated rings. The van der Waals surface area contributed by atoms with Crippen molar-refractivity contribution in [2.45, 2.75) is 59.5 Å². The third kappa shape index (κ3) is 10.7. The molecule has 0 aliphatic heterocycles. The van der Waals surface area contributed by atoms with Crippen molar-refractivity contribution in [3.05, 3.63) is 130 Å². The van der Waals surface area contributed by atoms with Crippen LogP contribution in [0.25, 0.3) is 21.8 Å². The fourth-order valence-corrected chi connectivity index (χ4v) is 8.82. The number of nitrogens with zero attached hydrogens (tertiary/aromatic N) is 2. The normalized spacial score (nSPS) is 11.6. The van der Waals surface area contributed by atoms with Crippen LogP contribution in [0, 0.1) is 19.7 Å². The Morgan fingerprint density at radius 2 is 1.36 bits per heavy atom. The van der Waals surface area contributed by atoms with Gasteiger partial charge in [0.2, 0.25) is 6.17 Å². The summed E-state index contributed by atoms with van der Waals surface area (Å²) in [6.45, 7) is 7.72. The summed E-state index contributed by atoms with van der Waals surface area (Å²) in [5.41, 5.74) is 8.09. The number of rotatable bonds is 12. The van der Waals surface area contributed by atoms with Crippen molar-refractivity contribution >= 4 is 97.5 Å². The van der Waals surface area contributed by atoms with Gasteiger partial charge in [-0.05, 0) is 147 Å². The van der Waals surface area contributed by atoms with Crippen LogP contribution in [0.1, 0.15) is 53.1 Å². The van der Waals surface area contributed by atoms with E-state index in [4.69, 9.17) is 24.7 Å². The number of hydrogen-bond donors (Lipinski definition) is 2. The molecule has 0 bridgehead atoms. The molecule has 2 aromatic heterocycles. The van der Waals surface area contributed by atoms with E-state index in [2.05, 4.69) is 107 Å². The Bertz CT molecular complexity index is 2420. The second-order valence-corrected chi connectivity index (χ2v) is 16.4. The molecule has 0 saturated carbocycles. The molecule has 0 spiro atoms. The largest absolute Gasteiger partial charge is 0.482 e. The lowest BCUT2D eigenvalue weighted by Crippen LogP contribution is -2.17. The maximum absolute atomic E-state index is 14.7. The fraction of sp³-hybridized carbons (Fsp3) is 0.238. The van der Waals surface area contributed by atoms with Crippen molar-refractivity contribution in [3.63, 3.8) is 0 Å². The predicted octanol–water partition coefficient (Wildman–Crippen LogP) is 12.2. The Morgan fingerprint density at radius 1 is 0.750 bits per heavy atom. The van der Waals surface area contributed by atoms with E-state index in [1.165, 1.54) is 22.6 Å². The SMILES string of the molecule is CCc1cc(C)c2cc(Cc3c(Br)cc(OCC(=O)O)cc3Br)ccc2n1.CCc1cc(C)c2cc(Oc3c(Br)cc(CC(F)C(=O)O)cc3Br)cc(F)c2n1. The minimum Gasteiger partial charge on any atom is -0.482 e. The molecule has 2 N–H and O–H groups in total. The highest BCUT2D eigenvalue weighted by molar-refractivity contribution is 9.11. The monoisotopic (exact) mass is 1020 g/mol. The minimum atomic E-state index is -2.00. The zero-order valence-electron chi connectivity index (χ0n) is 30.7. The number of aliphatic carboxylic acids is 2. The summed E-state index contributed by atoms with van der Waals surface area (Å²) in [5, 5.41) is 19.3. The molecule has 56 heavy (non-hydrogen) atoms. The fourth-order valence-electron chi connectivity index (χ4n) is 5.96. The van der Waals surface area contributed by atoms with Crippen LogP contribution in [0.3, 0.4) is 0 Å². The molecule has 1 unspecified atom stereocenters. The van der Waals surface area contributed by atoms with Gasteiger partial charge >= 0.3 is 11.9 Å². The van der Waals surface area contributed by atoms with Gasteiger partial charge in [-0.2, -0.15) is 0 Å². The van der Waals surface area contributed by atoms with E-state index in [0.717, 1.165) is 49.8 Å². The molecular formula is C42H36Br4F2N2O6. The van der Waals surface area contributed by atoms with Crippen LogP contribution >= 0.6 is 63.7 Å². The van der Waals surface area contributed by atoms with E-state index in [-0.39, 0.29) is 18.8 Å². The van der Waals surface area contributed by atoms with Crippen LogP contribution in [0.15, 0.2) is 84.6 Å². The molecule has 0 saturated heterocycles. The molecular weight excluding hydrogens is 986 g/mol. The number of carboxylic acids is 2. The zero-order chi connectivity index (χ0) is 40.8. The van der Waals surface area contributed by atoms with Gasteiger partial charge in [-0.25, -0.2) is 23.4 Å². The lowest BCUT2D eigenvalue weighted by Gasteiger charge is -2.14. The van der Waals surface area contributed by atoms with Crippen LogP contribution in [0.2, 0.25) is 0 Å². The smallest absolute Gasteiger partial charge is 0.341 e. The van der Waals surface area contributed by atoms with Gasteiger partial charge in [-0.15, -0.1) is 0 Å². The van der Waals surface area contributed by atoms with Gasteiger partial charge < -0.3 is 19.7 Å². The molecule has 1 atom stereocenters. The number of pyridine rings is 2. The van der Waals surface area contributed by atoms with Crippen LogP contribution in [-0.4, -0.2) is 44.9 Å². The van der Waals surface area contributed by atoms with Gasteiger partial charge in [0.25, 0.3) is 0 Å². The Kier molecular flexibility index (Phi) is 14.6. The van der Waals surface area contributed by atoms with Crippen molar-refractivity contribution in [2.75, 3.05) is 6.61 Å². The Labute approximate surface area is 356 Å². The highest BCUT2D eigenvalue weighted by Crippen LogP contribution is 2.40. The van der Waals surface area contributed by atoms with Crippen molar-refractivity contribution in [2.24, 2.45) is 0 Å². The summed E-state index contributed by atoms with van der Waals surface area (Å²) in [4.78, 5) is 30.5. The first kappa shape index (κ1) is 43.1. The molecule has 0 radical (unpaired) electrons. The van der Waals surface area contributed by atoms with E-state index in [9.17, 15) is 18.4 Å². The van der Waals surface area contributed by atoms with Crippen molar-refractivity contribution in [3.8, 4) is 17.2 Å². The number of fused-ring (bicyclic) bond motifs is 2. The summed E-state index contributed by atoms with van der Waals surface area (Å²) in [5.74, 6) is -1.84. The molecule has 292 valence electrons. The lowest BCUT2D eigenvalue weighted by atomic mass is 10.0. The van der Waals surface area contributed by atoms with Gasteiger partial charge in [0.1, 0.15) is 17.0 Å². The molecule has 2 heterocycles. The first-order chi connectivity index (χ1) is 26.6. The highest BCUT2D eigenvalue weighted by atomic mass is 79.9. The first-order valence-corrected chi connectivity index (χ1v) is 20.6. The van der Waals surface area contributed by atoms with Crippen molar-refractivity contribution in [1.82, 2.24) is 9.97 Å². The highest BCUT2D eigenvalue weighted by Gasteiger charge is 2.20. The van der Waals surface area contributed by atoms with Crippen molar-refractivity contribution in [1.29, 1.82) is 0 Å². The predicted molar refractivity (Wildman–Crippen MR) is 228 cm³/mol. The number of ether oxygens (including phenoxy) is 2. The Morgan fingerprint density at radius 3 is 1.95 bits per heavy atom. The van der Waals surface area contributed by atoms with E-state index in [1.54, 1.807) is 30.3 Å². The average Bonchev–Trinajstić information content (AvgIpc) is 3.14. The van der Waals surface area contributed by atoms with E-state index < -0.39 is 23.9 Å². The summed E-state index contributed by atoms with van der Waals surface area (Å²) >= 11 is 13.9. The van der Waals surface area contributed by atoms with Gasteiger partial charge in [-0.3, -0.25) is 4.98 Å². The molecule has 0 aliphatic rings. The maximum atomic E-state index is 14.7. The molecule has 4 aromatic carbocycles. The number of aryl methyl sites for hydroxylation is 4. The number of hydrogen-bond acceptors (Lipinski definition) is 6. The standard InChI is InChI=1S/C21H17Br2F2NO3.C21H19Br2NO3/c1-3-12-4-10(2)14-8-13(9-17(24)19(14)26-12)29-20-15(22)5-11(6-16(20)23)7-18(25)21(27)28;1-3-14-6-12(2)16-7-13(4-5-20(16)24-14)8-17-18(22)9-15(10-19(17)23)27-11-21(25)26/h4-6,8-9,18H,3,7H2,1-2H3,(H,27,28);4-7,9-10H,3,8,11H2,1-2H3,(H,25,26). The number of aromatic nitrogens is 2. The van der Waals surface area contributed by atoms with Gasteiger partial charge in [0.15, 0.2) is 18.2 Å². The summed E-state index contributed by atoms with van der Waals surface area (Å²) in [7, 11) is 0. The second-order valence-electron chi connectivity index (χ2n) is 12.9. The number of alkyl halides is 1. The quantitative estimate of drug-likeness (QED) is 0.124. The van der Waals surface area contributed by atoms with Gasteiger partial charge in [0, 0.05) is 43.6 Å². The number of carbonyl (C=O) groups is 2. The van der Waals surface area contributed by atoms with E-state index >= 15 is 0 Å². The number of halogens is 6. The summed E-state index contributed by atoms with van der Waals surface area (Å²) < 4.78 is 42.0. The number of carboxylic acid groups (broad SMARTS) is 2. The topological polar surface area (TPSA) is 119 Å². The number of benzene rings is 4.